The summed E-state index contributed by atoms with van der Waals surface area (Å²) < 4.78 is 7.58. The van der Waals surface area contributed by atoms with Crippen LogP contribution in [0.15, 0.2) is 12.4 Å². The minimum atomic E-state index is -0.134. The van der Waals surface area contributed by atoms with Crippen molar-refractivity contribution >= 4 is 0 Å². The van der Waals surface area contributed by atoms with Crippen LogP contribution in [-0.2, 0) is 18.2 Å². The zero-order valence-corrected chi connectivity index (χ0v) is 12.4. The van der Waals surface area contributed by atoms with Crippen LogP contribution in [0.5, 0.6) is 0 Å². The molecule has 1 rings (SSSR count). The number of nitrogens with zero attached hydrogens (tertiary/aromatic N) is 2. The van der Waals surface area contributed by atoms with Gasteiger partial charge in [-0.25, -0.2) is 0 Å². The van der Waals surface area contributed by atoms with Crippen LogP contribution in [0.2, 0.25) is 0 Å². The topological polar surface area (TPSA) is 39.1 Å². The normalized spacial score (nSPS) is 16.5. The van der Waals surface area contributed by atoms with Gasteiger partial charge in [-0.2, -0.15) is 5.10 Å². The molecule has 1 aromatic rings. The Labute approximate surface area is 111 Å². The highest BCUT2D eigenvalue weighted by molar-refractivity contribution is 5.08. The first-order chi connectivity index (χ1) is 8.55. The molecule has 0 amide bonds. The molecule has 2 unspecified atom stereocenters. The molecule has 0 radical (unpaired) electrons. The lowest BCUT2D eigenvalue weighted by Crippen LogP contribution is -2.51. The molecule has 0 saturated heterocycles. The van der Waals surface area contributed by atoms with E-state index in [0.717, 1.165) is 25.8 Å². The average molecular weight is 253 g/mol. The van der Waals surface area contributed by atoms with Crippen LogP contribution in [0, 0.1) is 0 Å². The summed E-state index contributed by atoms with van der Waals surface area (Å²) in [6, 6.07) is 0.316. The number of rotatable bonds is 8. The molecule has 0 saturated carbocycles. The molecule has 1 heterocycles. The van der Waals surface area contributed by atoms with Gasteiger partial charge in [-0.15, -0.1) is 0 Å². The first-order valence-corrected chi connectivity index (χ1v) is 6.81. The minimum Gasteiger partial charge on any atom is -0.377 e. The zero-order chi connectivity index (χ0) is 13.6. The molecule has 104 valence electrons. The summed E-state index contributed by atoms with van der Waals surface area (Å²) in [5.74, 6) is 0. The van der Waals surface area contributed by atoms with E-state index in [0.29, 0.717) is 6.04 Å². The summed E-state index contributed by atoms with van der Waals surface area (Å²) in [6.45, 7) is 7.55. The molecule has 1 N–H and O–H groups in total. The van der Waals surface area contributed by atoms with E-state index in [1.165, 1.54) is 5.56 Å². The lowest BCUT2D eigenvalue weighted by Gasteiger charge is -2.36. The van der Waals surface area contributed by atoms with E-state index in [4.69, 9.17) is 4.74 Å². The highest BCUT2D eigenvalue weighted by atomic mass is 16.5. The summed E-state index contributed by atoms with van der Waals surface area (Å²) in [7, 11) is 3.75. The Morgan fingerprint density at radius 3 is 2.67 bits per heavy atom. The molecule has 0 aliphatic rings. The molecule has 1 aromatic heterocycles. The molecule has 0 aromatic carbocycles. The molecular weight excluding hydrogens is 226 g/mol. The third-order valence-corrected chi connectivity index (χ3v) is 3.74. The molecule has 4 heteroatoms. The Bertz CT molecular complexity index is 345. The maximum absolute atomic E-state index is 5.74. The predicted molar refractivity (Wildman–Crippen MR) is 74.7 cm³/mol. The van der Waals surface area contributed by atoms with E-state index in [9.17, 15) is 0 Å². The van der Waals surface area contributed by atoms with Crippen molar-refractivity contribution in [3.63, 3.8) is 0 Å². The van der Waals surface area contributed by atoms with Gasteiger partial charge >= 0.3 is 0 Å². The van der Waals surface area contributed by atoms with Gasteiger partial charge < -0.3 is 10.1 Å². The van der Waals surface area contributed by atoms with Gasteiger partial charge in [-0.3, -0.25) is 4.68 Å². The first-order valence-electron chi connectivity index (χ1n) is 6.81. The molecule has 4 nitrogen and oxygen atoms in total. The zero-order valence-electron chi connectivity index (χ0n) is 12.4. The van der Waals surface area contributed by atoms with E-state index in [1.807, 2.05) is 17.9 Å². The van der Waals surface area contributed by atoms with Gasteiger partial charge in [0.1, 0.15) is 0 Å². The molecule has 0 bridgehead atoms. The molecule has 0 aliphatic carbocycles. The van der Waals surface area contributed by atoms with Crippen molar-refractivity contribution in [2.24, 2.45) is 7.05 Å². The van der Waals surface area contributed by atoms with Crippen LogP contribution in [0.25, 0.3) is 0 Å². The van der Waals surface area contributed by atoms with Crippen LogP contribution in [0.4, 0.5) is 0 Å². The van der Waals surface area contributed by atoms with Crippen molar-refractivity contribution in [1.29, 1.82) is 0 Å². The number of nitrogens with one attached hydrogen (secondary N) is 1. The van der Waals surface area contributed by atoms with Gasteiger partial charge in [0.15, 0.2) is 0 Å². The highest BCUT2D eigenvalue weighted by Gasteiger charge is 2.32. The first kappa shape index (κ1) is 15.2. The monoisotopic (exact) mass is 253 g/mol. The number of hydrogen-bond acceptors (Lipinski definition) is 3. The standard InChI is InChI=1S/C14H27N3O/c1-6-8-15-13(14(3,7-2)18-5)9-12-10-16-17(4)11-12/h10-11,13,15H,6-9H2,1-5H3. The Balaban J connectivity index is 2.77. The summed E-state index contributed by atoms with van der Waals surface area (Å²) in [5, 5.41) is 7.84. The lowest BCUT2D eigenvalue weighted by molar-refractivity contribution is -0.0287. The van der Waals surface area contributed by atoms with Crippen LogP contribution in [-0.4, -0.2) is 35.1 Å². The van der Waals surface area contributed by atoms with Crippen molar-refractivity contribution in [2.45, 2.75) is 51.7 Å². The Hall–Kier alpha value is -0.870. The van der Waals surface area contributed by atoms with E-state index < -0.39 is 0 Å². The van der Waals surface area contributed by atoms with Crippen LogP contribution < -0.4 is 5.32 Å². The molecule has 2 atom stereocenters. The minimum absolute atomic E-state index is 0.134. The number of ether oxygens (including phenoxy) is 1. The fourth-order valence-electron chi connectivity index (χ4n) is 2.17. The van der Waals surface area contributed by atoms with Crippen LogP contribution in [0.3, 0.4) is 0 Å². The van der Waals surface area contributed by atoms with Gasteiger partial charge in [0.2, 0.25) is 0 Å². The third kappa shape index (κ3) is 3.82. The van der Waals surface area contributed by atoms with E-state index >= 15 is 0 Å². The van der Waals surface area contributed by atoms with Gasteiger partial charge in [-0.05, 0) is 38.3 Å². The summed E-state index contributed by atoms with van der Waals surface area (Å²) >= 11 is 0. The molecule has 18 heavy (non-hydrogen) atoms. The Kier molecular flexibility index (Phi) is 5.82. The van der Waals surface area contributed by atoms with Crippen molar-refractivity contribution in [1.82, 2.24) is 15.1 Å². The fraction of sp³-hybridized carbons (Fsp3) is 0.786. The maximum Gasteiger partial charge on any atom is 0.0803 e. The predicted octanol–water partition coefficient (Wildman–Crippen LogP) is 2.15. The van der Waals surface area contributed by atoms with Crippen molar-refractivity contribution in [2.75, 3.05) is 13.7 Å². The van der Waals surface area contributed by atoms with Gasteiger partial charge in [0, 0.05) is 26.4 Å². The van der Waals surface area contributed by atoms with E-state index in [1.54, 1.807) is 7.11 Å². The quantitative estimate of drug-likeness (QED) is 0.771. The second-order valence-electron chi connectivity index (χ2n) is 5.10. The van der Waals surface area contributed by atoms with Gasteiger partial charge in [0.25, 0.3) is 0 Å². The van der Waals surface area contributed by atoms with Crippen LogP contribution in [0.1, 0.15) is 39.2 Å². The fourth-order valence-corrected chi connectivity index (χ4v) is 2.17. The highest BCUT2D eigenvalue weighted by Crippen LogP contribution is 2.22. The van der Waals surface area contributed by atoms with Gasteiger partial charge in [0.05, 0.1) is 11.8 Å². The average Bonchev–Trinajstić information content (AvgIpc) is 2.79. The van der Waals surface area contributed by atoms with Crippen LogP contribution >= 0.6 is 0 Å². The Morgan fingerprint density at radius 2 is 2.22 bits per heavy atom. The number of hydrogen-bond donors (Lipinski definition) is 1. The smallest absolute Gasteiger partial charge is 0.0803 e. The number of methoxy groups -OCH3 is 1. The summed E-state index contributed by atoms with van der Waals surface area (Å²) in [5.41, 5.74) is 1.12. The molecule has 0 fully saturated rings. The molecule has 0 aliphatic heterocycles. The second kappa shape index (κ2) is 6.90. The number of aryl methyl sites for hydroxylation is 1. The van der Waals surface area contributed by atoms with E-state index in [-0.39, 0.29) is 5.60 Å². The molecular formula is C14H27N3O. The van der Waals surface area contributed by atoms with Crippen molar-refractivity contribution in [3.8, 4) is 0 Å². The summed E-state index contributed by atoms with van der Waals surface area (Å²) in [4.78, 5) is 0. The second-order valence-corrected chi connectivity index (χ2v) is 5.10. The van der Waals surface area contributed by atoms with Gasteiger partial charge in [-0.1, -0.05) is 13.8 Å². The number of aromatic nitrogens is 2. The third-order valence-electron chi connectivity index (χ3n) is 3.74. The SMILES string of the molecule is CCCNC(Cc1cnn(C)c1)C(C)(CC)OC. The van der Waals surface area contributed by atoms with Crippen molar-refractivity contribution in [3.05, 3.63) is 18.0 Å². The maximum atomic E-state index is 5.74. The lowest BCUT2D eigenvalue weighted by atomic mass is 9.89. The largest absolute Gasteiger partial charge is 0.377 e. The summed E-state index contributed by atoms with van der Waals surface area (Å²) in [6.07, 6.45) is 7.09. The molecule has 0 spiro atoms. The van der Waals surface area contributed by atoms with Crippen molar-refractivity contribution < 1.29 is 4.74 Å². The van der Waals surface area contributed by atoms with E-state index in [2.05, 4.69) is 37.4 Å². The Morgan fingerprint density at radius 1 is 1.50 bits per heavy atom.